The number of nitrogens with zero attached hydrogens (tertiary/aromatic N) is 1. The molecule has 0 spiro atoms. The van der Waals surface area contributed by atoms with Crippen molar-refractivity contribution in [2.75, 3.05) is 19.9 Å². The minimum absolute atomic E-state index is 0.0480. The number of carbonyl (C=O) groups excluding carboxylic acids is 1. The van der Waals surface area contributed by atoms with Crippen LogP contribution in [0.3, 0.4) is 0 Å². The number of hydrogen-bond donors (Lipinski definition) is 0. The highest BCUT2D eigenvalue weighted by Gasteiger charge is 2.26. The zero-order valence-corrected chi connectivity index (χ0v) is 13.1. The second-order valence-corrected chi connectivity index (χ2v) is 6.95. The van der Waals surface area contributed by atoms with E-state index < -0.39 is 45.1 Å². The Balaban J connectivity index is 2.87. The zero-order chi connectivity index (χ0) is 17.1. The van der Waals surface area contributed by atoms with Crippen LogP contribution in [-0.4, -0.2) is 38.6 Å². The van der Waals surface area contributed by atoms with Gasteiger partial charge in [0.15, 0.2) is 17.5 Å². The molecule has 0 fully saturated rings. The number of methoxy groups -OCH3 is 1. The first-order valence-electron chi connectivity index (χ1n) is 6.23. The third kappa shape index (κ3) is 4.44. The minimum Gasteiger partial charge on any atom is -0.469 e. The molecule has 0 unspecified atom stereocenters. The average Bonchev–Trinajstić information content (AvgIpc) is 2.43. The van der Waals surface area contributed by atoms with Crippen molar-refractivity contribution in [3.05, 3.63) is 35.1 Å². The van der Waals surface area contributed by atoms with Gasteiger partial charge in [-0.05, 0) is 17.7 Å². The fourth-order valence-electron chi connectivity index (χ4n) is 1.77. The maximum Gasteiger partial charge on any atom is 0.309 e. The minimum atomic E-state index is -3.85. The van der Waals surface area contributed by atoms with Gasteiger partial charge in [0.1, 0.15) is 0 Å². The molecule has 1 atom stereocenters. The molecule has 0 saturated heterocycles. The van der Waals surface area contributed by atoms with E-state index in [-0.39, 0.29) is 12.1 Å². The summed E-state index contributed by atoms with van der Waals surface area (Å²) in [6.45, 7) is 1.03. The maximum absolute atomic E-state index is 13.1. The number of hydrogen-bond acceptors (Lipinski definition) is 4. The molecule has 1 rings (SSSR count). The molecular formula is C13H16F3NO4S. The van der Waals surface area contributed by atoms with E-state index in [2.05, 4.69) is 4.74 Å². The second-order valence-electron chi connectivity index (χ2n) is 4.83. The van der Waals surface area contributed by atoms with Crippen molar-refractivity contribution in [2.45, 2.75) is 13.5 Å². The van der Waals surface area contributed by atoms with Crippen LogP contribution < -0.4 is 0 Å². The van der Waals surface area contributed by atoms with Crippen LogP contribution in [0.2, 0.25) is 0 Å². The van der Waals surface area contributed by atoms with Crippen LogP contribution in [0.4, 0.5) is 13.2 Å². The molecule has 0 aliphatic rings. The normalized spacial score (nSPS) is 13.2. The third-order valence-electron chi connectivity index (χ3n) is 2.99. The van der Waals surface area contributed by atoms with Crippen molar-refractivity contribution in [2.24, 2.45) is 5.92 Å². The summed E-state index contributed by atoms with van der Waals surface area (Å²) in [6.07, 6.45) is 0. The summed E-state index contributed by atoms with van der Waals surface area (Å²) in [5, 5.41) is 0. The summed E-state index contributed by atoms with van der Waals surface area (Å²) in [7, 11) is -1.52. The van der Waals surface area contributed by atoms with Crippen LogP contribution >= 0.6 is 0 Å². The standard InChI is InChI=1S/C13H16F3NO4S/c1-8(13(18)21-3)7-22(19,20)17(2)6-9-4-10(14)12(16)11(15)5-9/h4-5,8H,6-7H2,1-3H3/t8-/m0/s1. The van der Waals surface area contributed by atoms with Gasteiger partial charge in [0.25, 0.3) is 0 Å². The third-order valence-corrected chi connectivity index (χ3v) is 4.99. The highest BCUT2D eigenvalue weighted by atomic mass is 32.2. The van der Waals surface area contributed by atoms with E-state index in [1.165, 1.54) is 14.0 Å². The first kappa shape index (κ1) is 18.4. The Labute approximate surface area is 126 Å². The monoisotopic (exact) mass is 339 g/mol. The van der Waals surface area contributed by atoms with Gasteiger partial charge in [0, 0.05) is 13.6 Å². The van der Waals surface area contributed by atoms with Gasteiger partial charge in [-0.2, -0.15) is 0 Å². The Kier molecular flexibility index (Phi) is 5.95. The predicted octanol–water partition coefficient (Wildman–Crippen LogP) is 1.67. The summed E-state index contributed by atoms with van der Waals surface area (Å²) in [4.78, 5) is 11.3. The predicted molar refractivity (Wildman–Crippen MR) is 72.7 cm³/mol. The van der Waals surface area contributed by atoms with Gasteiger partial charge in [0.2, 0.25) is 10.0 Å². The molecule has 0 saturated carbocycles. The molecule has 0 aliphatic heterocycles. The largest absolute Gasteiger partial charge is 0.469 e. The molecule has 5 nitrogen and oxygen atoms in total. The Hall–Kier alpha value is -1.61. The lowest BCUT2D eigenvalue weighted by atomic mass is 10.2. The fourth-order valence-corrected chi connectivity index (χ4v) is 3.14. The van der Waals surface area contributed by atoms with Crippen molar-refractivity contribution < 1.29 is 31.1 Å². The first-order chi connectivity index (χ1) is 10.1. The molecule has 9 heteroatoms. The Morgan fingerprint density at radius 2 is 1.77 bits per heavy atom. The van der Waals surface area contributed by atoms with Crippen LogP contribution in [0.25, 0.3) is 0 Å². The van der Waals surface area contributed by atoms with Crippen LogP contribution in [0.1, 0.15) is 12.5 Å². The molecule has 22 heavy (non-hydrogen) atoms. The number of ether oxygens (including phenoxy) is 1. The molecule has 0 bridgehead atoms. The van der Waals surface area contributed by atoms with E-state index >= 15 is 0 Å². The molecule has 0 amide bonds. The number of rotatable bonds is 6. The smallest absolute Gasteiger partial charge is 0.309 e. The van der Waals surface area contributed by atoms with Crippen LogP contribution in [-0.2, 0) is 26.1 Å². The second kappa shape index (κ2) is 7.10. The molecule has 1 aromatic rings. The van der Waals surface area contributed by atoms with Gasteiger partial charge < -0.3 is 4.74 Å². The first-order valence-corrected chi connectivity index (χ1v) is 7.84. The number of carbonyl (C=O) groups is 1. The van der Waals surface area contributed by atoms with Crippen molar-refractivity contribution in [1.29, 1.82) is 0 Å². The molecule has 0 aromatic heterocycles. The van der Waals surface area contributed by atoms with E-state index in [0.29, 0.717) is 12.1 Å². The Bertz CT molecular complexity index is 640. The van der Waals surface area contributed by atoms with E-state index in [0.717, 1.165) is 11.4 Å². The van der Waals surface area contributed by atoms with Crippen LogP contribution in [0.5, 0.6) is 0 Å². The Morgan fingerprint density at radius 1 is 1.27 bits per heavy atom. The number of sulfonamides is 1. The van der Waals surface area contributed by atoms with Gasteiger partial charge in [-0.15, -0.1) is 0 Å². The van der Waals surface area contributed by atoms with Gasteiger partial charge in [-0.1, -0.05) is 6.92 Å². The van der Waals surface area contributed by atoms with Gasteiger partial charge in [-0.25, -0.2) is 25.9 Å². The highest BCUT2D eigenvalue weighted by Crippen LogP contribution is 2.17. The summed E-state index contributed by atoms with van der Waals surface area (Å²) >= 11 is 0. The highest BCUT2D eigenvalue weighted by molar-refractivity contribution is 7.89. The quantitative estimate of drug-likeness (QED) is 0.584. The number of halogens is 3. The topological polar surface area (TPSA) is 63.7 Å². The fraction of sp³-hybridized carbons (Fsp3) is 0.462. The van der Waals surface area contributed by atoms with E-state index in [4.69, 9.17) is 0 Å². The van der Waals surface area contributed by atoms with Crippen LogP contribution in [0, 0.1) is 23.4 Å². The summed E-state index contributed by atoms with van der Waals surface area (Å²) < 4.78 is 68.4. The lowest BCUT2D eigenvalue weighted by Crippen LogP contribution is -2.33. The van der Waals surface area contributed by atoms with E-state index in [1.54, 1.807) is 0 Å². The van der Waals surface area contributed by atoms with Gasteiger partial charge >= 0.3 is 5.97 Å². The van der Waals surface area contributed by atoms with Crippen molar-refractivity contribution in [3.63, 3.8) is 0 Å². The number of esters is 1. The average molecular weight is 339 g/mol. The lowest BCUT2D eigenvalue weighted by Gasteiger charge is -2.19. The van der Waals surface area contributed by atoms with E-state index in [9.17, 15) is 26.4 Å². The van der Waals surface area contributed by atoms with Crippen LogP contribution in [0.15, 0.2) is 12.1 Å². The van der Waals surface area contributed by atoms with Crippen molar-refractivity contribution >= 4 is 16.0 Å². The van der Waals surface area contributed by atoms with Crippen molar-refractivity contribution in [3.8, 4) is 0 Å². The maximum atomic E-state index is 13.1. The summed E-state index contributed by atoms with van der Waals surface area (Å²) in [5.74, 6) is -6.50. The van der Waals surface area contributed by atoms with Gasteiger partial charge in [0.05, 0.1) is 18.8 Å². The molecule has 0 aliphatic carbocycles. The molecular weight excluding hydrogens is 323 g/mol. The molecule has 0 radical (unpaired) electrons. The summed E-state index contributed by atoms with van der Waals surface area (Å²) in [5.41, 5.74) is -0.0480. The van der Waals surface area contributed by atoms with E-state index in [1.807, 2.05) is 0 Å². The number of benzene rings is 1. The molecule has 1 aromatic carbocycles. The molecule has 124 valence electrons. The SMILES string of the molecule is COC(=O)[C@@H](C)CS(=O)(=O)N(C)Cc1cc(F)c(F)c(F)c1. The van der Waals surface area contributed by atoms with Gasteiger partial charge in [-0.3, -0.25) is 4.79 Å². The molecule has 0 heterocycles. The lowest BCUT2D eigenvalue weighted by molar-refractivity contribution is -0.144. The Morgan fingerprint density at radius 3 is 2.23 bits per heavy atom. The van der Waals surface area contributed by atoms with Crippen molar-refractivity contribution in [1.82, 2.24) is 4.31 Å². The summed E-state index contributed by atoms with van der Waals surface area (Å²) in [6, 6.07) is 1.43. The molecule has 0 N–H and O–H groups in total. The zero-order valence-electron chi connectivity index (χ0n) is 12.3.